The molecule has 15 heavy (non-hydrogen) atoms. The number of hydrogen-bond acceptors (Lipinski definition) is 2. The van der Waals surface area contributed by atoms with Crippen molar-refractivity contribution >= 4 is 11.6 Å². The molecule has 0 radical (unpaired) electrons. The normalized spacial score (nSPS) is 17.6. The van der Waals surface area contributed by atoms with Gasteiger partial charge >= 0.3 is 0 Å². The smallest absolute Gasteiger partial charge is 0.140 e. The molecule has 2 nitrogen and oxygen atoms in total. The number of aryl methyl sites for hydroxylation is 1. The van der Waals surface area contributed by atoms with Crippen LogP contribution in [0.2, 0.25) is 5.02 Å². The molecular formula is C12H15ClO2. The fraction of sp³-hybridized carbons (Fsp3) is 0.500. The van der Waals surface area contributed by atoms with Crippen LogP contribution in [0.25, 0.3) is 0 Å². The van der Waals surface area contributed by atoms with E-state index in [1.54, 1.807) is 7.11 Å². The van der Waals surface area contributed by atoms with Gasteiger partial charge in [0.1, 0.15) is 5.75 Å². The maximum absolute atomic E-state index is 9.89. The first kappa shape index (κ1) is 10.8. The maximum Gasteiger partial charge on any atom is 0.140 e. The Balaban J connectivity index is 2.35. The highest BCUT2D eigenvalue weighted by Crippen LogP contribution is 2.41. The van der Waals surface area contributed by atoms with Gasteiger partial charge in [-0.05, 0) is 37.0 Å². The van der Waals surface area contributed by atoms with Gasteiger partial charge in [0.25, 0.3) is 0 Å². The van der Waals surface area contributed by atoms with Crippen LogP contribution in [0.15, 0.2) is 12.1 Å². The molecule has 82 valence electrons. The third-order valence-electron chi connectivity index (χ3n) is 2.82. The Labute approximate surface area is 94.8 Å². The SMILES string of the molecule is COc1c(Cl)cc(C)cc1CC1(O)CC1. The molecule has 0 aromatic heterocycles. The van der Waals surface area contributed by atoms with Gasteiger partial charge in [-0.3, -0.25) is 0 Å². The maximum atomic E-state index is 9.89. The van der Waals surface area contributed by atoms with Gasteiger partial charge in [-0.15, -0.1) is 0 Å². The van der Waals surface area contributed by atoms with E-state index in [1.165, 1.54) is 0 Å². The van der Waals surface area contributed by atoms with Crippen molar-refractivity contribution in [2.24, 2.45) is 0 Å². The molecular weight excluding hydrogens is 212 g/mol. The van der Waals surface area contributed by atoms with E-state index in [9.17, 15) is 5.11 Å². The number of methoxy groups -OCH3 is 1. The molecule has 1 fully saturated rings. The zero-order valence-corrected chi connectivity index (χ0v) is 9.77. The van der Waals surface area contributed by atoms with Gasteiger partial charge in [-0.1, -0.05) is 17.7 Å². The van der Waals surface area contributed by atoms with E-state index in [0.29, 0.717) is 17.2 Å². The van der Waals surface area contributed by atoms with Gasteiger partial charge in [0.05, 0.1) is 17.7 Å². The number of hydrogen-bond donors (Lipinski definition) is 1. The van der Waals surface area contributed by atoms with Crippen LogP contribution in [0, 0.1) is 6.92 Å². The minimum absolute atomic E-state index is 0.510. The fourth-order valence-corrected chi connectivity index (χ4v) is 2.21. The summed E-state index contributed by atoms with van der Waals surface area (Å²) >= 11 is 6.08. The Morgan fingerprint density at radius 1 is 1.47 bits per heavy atom. The fourth-order valence-electron chi connectivity index (χ4n) is 1.84. The highest BCUT2D eigenvalue weighted by Gasteiger charge is 2.41. The standard InChI is InChI=1S/C12H15ClO2/c1-8-5-9(7-12(14)3-4-12)11(15-2)10(13)6-8/h5-6,14H,3-4,7H2,1-2H3. The lowest BCUT2D eigenvalue weighted by molar-refractivity contribution is 0.150. The van der Waals surface area contributed by atoms with E-state index in [4.69, 9.17) is 16.3 Å². The van der Waals surface area contributed by atoms with E-state index in [0.717, 1.165) is 24.0 Å². The molecule has 0 spiro atoms. The molecule has 1 aliphatic carbocycles. The summed E-state index contributed by atoms with van der Waals surface area (Å²) in [5, 5.41) is 10.5. The number of rotatable bonds is 3. The second-order valence-electron chi connectivity index (χ2n) is 4.34. The summed E-state index contributed by atoms with van der Waals surface area (Å²) in [7, 11) is 1.61. The van der Waals surface area contributed by atoms with Crippen LogP contribution in [0.1, 0.15) is 24.0 Å². The first-order valence-electron chi connectivity index (χ1n) is 5.09. The largest absolute Gasteiger partial charge is 0.495 e. The van der Waals surface area contributed by atoms with Gasteiger partial charge in [0.15, 0.2) is 0 Å². The zero-order chi connectivity index (χ0) is 11.1. The van der Waals surface area contributed by atoms with Gasteiger partial charge in [-0.25, -0.2) is 0 Å². The van der Waals surface area contributed by atoms with Crippen LogP contribution in [0.5, 0.6) is 5.75 Å². The van der Waals surface area contributed by atoms with Crippen LogP contribution in [0.4, 0.5) is 0 Å². The topological polar surface area (TPSA) is 29.5 Å². The van der Waals surface area contributed by atoms with Crippen molar-refractivity contribution in [2.75, 3.05) is 7.11 Å². The Hall–Kier alpha value is -0.730. The number of halogens is 1. The molecule has 2 rings (SSSR count). The van der Waals surface area contributed by atoms with Crippen molar-refractivity contribution in [1.82, 2.24) is 0 Å². The van der Waals surface area contributed by atoms with Crippen LogP contribution in [-0.4, -0.2) is 17.8 Å². The summed E-state index contributed by atoms with van der Waals surface area (Å²) < 4.78 is 5.26. The predicted octanol–water partition coefficient (Wildman–Crippen LogP) is 2.72. The Kier molecular flexibility index (Phi) is 2.65. The van der Waals surface area contributed by atoms with E-state index in [2.05, 4.69) is 0 Å². The van der Waals surface area contributed by atoms with Gasteiger partial charge < -0.3 is 9.84 Å². The second-order valence-corrected chi connectivity index (χ2v) is 4.75. The molecule has 0 atom stereocenters. The molecule has 1 N–H and O–H groups in total. The monoisotopic (exact) mass is 226 g/mol. The van der Waals surface area contributed by atoms with Crippen molar-refractivity contribution in [1.29, 1.82) is 0 Å². The summed E-state index contributed by atoms with van der Waals surface area (Å²) in [6.07, 6.45) is 2.39. The first-order valence-corrected chi connectivity index (χ1v) is 5.47. The number of ether oxygens (including phenoxy) is 1. The van der Waals surface area contributed by atoms with Crippen molar-refractivity contribution in [3.8, 4) is 5.75 Å². The van der Waals surface area contributed by atoms with Crippen LogP contribution >= 0.6 is 11.6 Å². The Morgan fingerprint density at radius 3 is 2.67 bits per heavy atom. The molecule has 3 heteroatoms. The zero-order valence-electron chi connectivity index (χ0n) is 9.01. The minimum Gasteiger partial charge on any atom is -0.495 e. The molecule has 0 aliphatic heterocycles. The molecule has 1 aromatic carbocycles. The predicted molar refractivity (Wildman–Crippen MR) is 60.6 cm³/mol. The average molecular weight is 227 g/mol. The van der Waals surface area contributed by atoms with Crippen LogP contribution < -0.4 is 4.74 Å². The number of aliphatic hydroxyl groups is 1. The Morgan fingerprint density at radius 2 is 2.13 bits per heavy atom. The van der Waals surface area contributed by atoms with Crippen molar-refractivity contribution < 1.29 is 9.84 Å². The number of benzene rings is 1. The molecule has 1 aliphatic rings. The minimum atomic E-state index is -0.510. The van der Waals surface area contributed by atoms with E-state index in [-0.39, 0.29) is 0 Å². The highest BCUT2D eigenvalue weighted by atomic mass is 35.5. The van der Waals surface area contributed by atoms with Crippen molar-refractivity contribution in [3.05, 3.63) is 28.3 Å². The summed E-state index contributed by atoms with van der Waals surface area (Å²) in [6, 6.07) is 3.90. The van der Waals surface area contributed by atoms with E-state index < -0.39 is 5.60 Å². The Bertz CT molecular complexity index is 383. The lowest BCUT2D eigenvalue weighted by Gasteiger charge is -2.14. The first-order chi connectivity index (χ1) is 7.04. The third-order valence-corrected chi connectivity index (χ3v) is 3.10. The second kappa shape index (κ2) is 3.69. The summed E-state index contributed by atoms with van der Waals surface area (Å²) in [4.78, 5) is 0. The van der Waals surface area contributed by atoms with E-state index >= 15 is 0 Å². The average Bonchev–Trinajstić information content (AvgIpc) is 2.82. The van der Waals surface area contributed by atoms with Gasteiger partial charge in [-0.2, -0.15) is 0 Å². The summed E-state index contributed by atoms with van der Waals surface area (Å²) in [5.41, 5.74) is 1.59. The lowest BCUT2D eigenvalue weighted by atomic mass is 10.0. The van der Waals surface area contributed by atoms with Crippen LogP contribution in [-0.2, 0) is 6.42 Å². The molecule has 1 aromatic rings. The lowest BCUT2D eigenvalue weighted by Crippen LogP contribution is -2.11. The molecule has 0 heterocycles. The quantitative estimate of drug-likeness (QED) is 0.859. The summed E-state index contributed by atoms with van der Waals surface area (Å²) in [6.45, 7) is 1.99. The van der Waals surface area contributed by atoms with Gasteiger partial charge in [0, 0.05) is 6.42 Å². The van der Waals surface area contributed by atoms with Crippen LogP contribution in [0.3, 0.4) is 0 Å². The summed E-state index contributed by atoms with van der Waals surface area (Å²) in [5.74, 6) is 0.697. The van der Waals surface area contributed by atoms with E-state index in [1.807, 2.05) is 19.1 Å². The highest BCUT2D eigenvalue weighted by molar-refractivity contribution is 6.32. The molecule has 0 unspecified atom stereocenters. The molecule has 0 saturated heterocycles. The molecule has 1 saturated carbocycles. The van der Waals surface area contributed by atoms with Crippen molar-refractivity contribution in [2.45, 2.75) is 31.8 Å². The van der Waals surface area contributed by atoms with Crippen molar-refractivity contribution in [3.63, 3.8) is 0 Å². The third kappa shape index (κ3) is 2.27. The van der Waals surface area contributed by atoms with Gasteiger partial charge in [0.2, 0.25) is 0 Å². The molecule has 0 bridgehead atoms. The molecule has 0 amide bonds.